The Morgan fingerprint density at radius 1 is 1.09 bits per heavy atom. The lowest BCUT2D eigenvalue weighted by Crippen LogP contribution is -2.31. The van der Waals surface area contributed by atoms with Crippen LogP contribution in [0.15, 0.2) is 44.4 Å². The number of hydrogen-bond acceptors (Lipinski definition) is 5. The quantitative estimate of drug-likeness (QED) is 0.814. The average molecular weight is 357 g/mol. The zero-order valence-electron chi connectivity index (χ0n) is 12.3. The van der Waals surface area contributed by atoms with E-state index in [1.165, 1.54) is 12.1 Å². The molecule has 2 atom stereocenters. The molecule has 0 aliphatic carbocycles. The van der Waals surface area contributed by atoms with E-state index in [0.717, 1.165) is 13.1 Å². The van der Waals surface area contributed by atoms with Crippen LogP contribution in [0.2, 0.25) is 0 Å². The molecule has 2 saturated heterocycles. The van der Waals surface area contributed by atoms with Gasteiger partial charge in [-0.1, -0.05) is 0 Å². The summed E-state index contributed by atoms with van der Waals surface area (Å²) in [5, 5.41) is 3.91. The number of nitrogens with zero attached hydrogens (tertiary/aromatic N) is 1. The molecule has 2 fully saturated rings. The van der Waals surface area contributed by atoms with Gasteiger partial charge in [-0.3, -0.25) is 0 Å². The van der Waals surface area contributed by atoms with Gasteiger partial charge in [-0.15, -0.1) is 12.4 Å². The van der Waals surface area contributed by atoms with E-state index in [1.807, 2.05) is 0 Å². The molecular weight excluding hydrogens is 340 g/mol. The molecule has 1 aromatic carbocycles. The maximum Gasteiger partial charge on any atom is 0.336 e. The summed E-state index contributed by atoms with van der Waals surface area (Å²) >= 11 is 0. The molecule has 3 heterocycles. The fourth-order valence-corrected chi connectivity index (χ4v) is 4.96. The number of benzene rings is 1. The molecule has 1 N–H and O–H groups in total. The second-order valence-electron chi connectivity index (χ2n) is 5.95. The Kier molecular flexibility index (Phi) is 4.22. The van der Waals surface area contributed by atoms with Crippen molar-refractivity contribution in [2.75, 3.05) is 26.2 Å². The maximum atomic E-state index is 12.8. The van der Waals surface area contributed by atoms with Gasteiger partial charge in [0.1, 0.15) is 5.58 Å². The summed E-state index contributed by atoms with van der Waals surface area (Å²) in [5.74, 6) is 0.821. The van der Waals surface area contributed by atoms with Crippen LogP contribution in [0.1, 0.15) is 0 Å². The summed E-state index contributed by atoms with van der Waals surface area (Å²) < 4.78 is 32.2. The lowest BCUT2D eigenvalue weighted by molar-refractivity contribution is 0.448. The molecule has 8 heteroatoms. The van der Waals surface area contributed by atoms with Crippen LogP contribution < -0.4 is 10.9 Å². The molecule has 124 valence electrons. The second kappa shape index (κ2) is 5.90. The van der Waals surface area contributed by atoms with Crippen molar-refractivity contribution in [3.05, 3.63) is 40.8 Å². The van der Waals surface area contributed by atoms with Crippen LogP contribution in [0, 0.1) is 11.8 Å². The monoisotopic (exact) mass is 356 g/mol. The van der Waals surface area contributed by atoms with Crippen LogP contribution in [0.5, 0.6) is 0 Å². The van der Waals surface area contributed by atoms with Crippen molar-refractivity contribution in [2.45, 2.75) is 4.90 Å². The molecule has 0 amide bonds. The van der Waals surface area contributed by atoms with Crippen LogP contribution in [-0.4, -0.2) is 38.9 Å². The van der Waals surface area contributed by atoms with E-state index in [4.69, 9.17) is 4.42 Å². The Hall–Kier alpha value is -1.41. The first-order chi connectivity index (χ1) is 10.5. The summed E-state index contributed by atoms with van der Waals surface area (Å²) in [6, 6.07) is 7.50. The third-order valence-corrected chi connectivity index (χ3v) is 6.41. The van der Waals surface area contributed by atoms with Crippen LogP contribution >= 0.6 is 12.4 Å². The summed E-state index contributed by atoms with van der Waals surface area (Å²) in [6.45, 7) is 2.92. The van der Waals surface area contributed by atoms with E-state index in [0.29, 0.717) is 35.9 Å². The normalized spacial score (nSPS) is 24.5. The van der Waals surface area contributed by atoms with Gasteiger partial charge in [-0.25, -0.2) is 13.2 Å². The highest BCUT2D eigenvalue weighted by molar-refractivity contribution is 7.89. The minimum atomic E-state index is -3.50. The highest BCUT2D eigenvalue weighted by Crippen LogP contribution is 2.31. The Balaban J connectivity index is 0.00000156. The van der Waals surface area contributed by atoms with Crippen molar-refractivity contribution in [1.29, 1.82) is 0 Å². The lowest BCUT2D eigenvalue weighted by Gasteiger charge is -2.17. The van der Waals surface area contributed by atoms with E-state index in [1.54, 1.807) is 22.5 Å². The van der Waals surface area contributed by atoms with Crippen molar-refractivity contribution in [3.8, 4) is 0 Å². The van der Waals surface area contributed by atoms with Crippen molar-refractivity contribution in [3.63, 3.8) is 0 Å². The van der Waals surface area contributed by atoms with Crippen molar-refractivity contribution >= 4 is 33.4 Å². The van der Waals surface area contributed by atoms with Gasteiger partial charge < -0.3 is 9.73 Å². The highest BCUT2D eigenvalue weighted by atomic mass is 35.5. The summed E-state index contributed by atoms with van der Waals surface area (Å²) in [6.07, 6.45) is 0. The van der Waals surface area contributed by atoms with Crippen molar-refractivity contribution in [2.24, 2.45) is 11.8 Å². The van der Waals surface area contributed by atoms with Gasteiger partial charge in [-0.05, 0) is 49.2 Å². The molecule has 1 aromatic heterocycles. The van der Waals surface area contributed by atoms with E-state index < -0.39 is 15.6 Å². The summed E-state index contributed by atoms with van der Waals surface area (Å²) in [7, 11) is -3.50. The molecule has 0 spiro atoms. The number of hydrogen-bond donors (Lipinski definition) is 1. The molecule has 2 aliphatic rings. The topological polar surface area (TPSA) is 79.6 Å². The maximum absolute atomic E-state index is 12.8. The second-order valence-corrected chi connectivity index (χ2v) is 7.89. The van der Waals surface area contributed by atoms with Gasteiger partial charge in [0.05, 0.1) is 4.90 Å². The third kappa shape index (κ3) is 2.78. The van der Waals surface area contributed by atoms with Gasteiger partial charge in [-0.2, -0.15) is 4.31 Å². The lowest BCUT2D eigenvalue weighted by atomic mass is 10.0. The molecule has 0 saturated carbocycles. The Morgan fingerprint density at radius 2 is 1.78 bits per heavy atom. The summed E-state index contributed by atoms with van der Waals surface area (Å²) in [4.78, 5) is 11.4. The van der Waals surface area contributed by atoms with Crippen molar-refractivity contribution < 1.29 is 12.8 Å². The SMILES string of the molecule is Cl.O=c1ccc2cc(S(=O)(=O)N3C[C@H]4CNC[C@H]4C3)ccc2o1. The van der Waals surface area contributed by atoms with Crippen LogP contribution in [-0.2, 0) is 10.0 Å². The predicted molar refractivity (Wildman–Crippen MR) is 88.3 cm³/mol. The van der Waals surface area contributed by atoms with Crippen molar-refractivity contribution in [1.82, 2.24) is 9.62 Å². The Labute approximate surface area is 139 Å². The standard InChI is InChI=1S/C15H16N2O4S.ClH/c18-15-4-1-10-5-13(2-3-14(10)21-15)22(19,20)17-8-11-6-16-7-12(11)9-17;/h1-5,11-12,16H,6-9H2;1H/t11-,12+;. The smallest absolute Gasteiger partial charge is 0.336 e. The Bertz CT molecular complexity index is 884. The first-order valence-electron chi connectivity index (χ1n) is 7.29. The molecule has 0 radical (unpaired) electrons. The molecule has 0 unspecified atom stereocenters. The van der Waals surface area contributed by atoms with Crippen LogP contribution in [0.3, 0.4) is 0 Å². The number of halogens is 1. The van der Waals surface area contributed by atoms with Crippen LogP contribution in [0.4, 0.5) is 0 Å². The van der Waals surface area contributed by atoms with Gasteiger partial charge in [0.25, 0.3) is 0 Å². The molecule has 2 aromatic rings. The average Bonchev–Trinajstić information content (AvgIpc) is 3.08. The fourth-order valence-electron chi connectivity index (χ4n) is 3.37. The van der Waals surface area contributed by atoms with E-state index in [2.05, 4.69) is 5.32 Å². The van der Waals surface area contributed by atoms with Gasteiger partial charge in [0.2, 0.25) is 10.0 Å². The number of fused-ring (bicyclic) bond motifs is 2. The molecule has 0 bridgehead atoms. The van der Waals surface area contributed by atoms with Crippen LogP contribution in [0.25, 0.3) is 11.0 Å². The van der Waals surface area contributed by atoms with Gasteiger partial charge in [0.15, 0.2) is 0 Å². The number of rotatable bonds is 2. The van der Waals surface area contributed by atoms with Gasteiger partial charge >= 0.3 is 5.63 Å². The summed E-state index contributed by atoms with van der Waals surface area (Å²) in [5.41, 5.74) is -0.0445. The van der Waals surface area contributed by atoms with E-state index >= 15 is 0 Å². The third-order valence-electron chi connectivity index (χ3n) is 4.58. The minimum absolute atomic E-state index is 0. The molecular formula is C15H17ClN2O4S. The fraction of sp³-hybridized carbons (Fsp3) is 0.400. The first-order valence-corrected chi connectivity index (χ1v) is 8.73. The molecule has 2 aliphatic heterocycles. The van der Waals surface area contributed by atoms with E-state index in [-0.39, 0.29) is 17.3 Å². The highest BCUT2D eigenvalue weighted by Gasteiger charge is 2.41. The Morgan fingerprint density at radius 3 is 2.48 bits per heavy atom. The predicted octanol–water partition coefficient (Wildman–Crippen LogP) is 1.05. The first kappa shape index (κ1) is 16.4. The zero-order valence-corrected chi connectivity index (χ0v) is 13.9. The largest absolute Gasteiger partial charge is 0.423 e. The molecule has 4 rings (SSSR count). The van der Waals surface area contributed by atoms with E-state index in [9.17, 15) is 13.2 Å². The number of sulfonamides is 1. The number of nitrogens with one attached hydrogen (secondary N) is 1. The van der Waals surface area contributed by atoms with Gasteiger partial charge in [0, 0.05) is 24.5 Å². The zero-order chi connectivity index (χ0) is 15.3. The molecule has 6 nitrogen and oxygen atoms in total. The molecule has 23 heavy (non-hydrogen) atoms. The minimum Gasteiger partial charge on any atom is -0.423 e.